The minimum atomic E-state index is -3.70. The van der Waals surface area contributed by atoms with Crippen LogP contribution in [0.25, 0.3) is 0 Å². The maximum Gasteiger partial charge on any atom is 0.261 e. The van der Waals surface area contributed by atoms with E-state index in [0.717, 1.165) is 25.7 Å². The Morgan fingerprint density at radius 3 is 2.50 bits per heavy atom. The van der Waals surface area contributed by atoms with Crippen molar-refractivity contribution >= 4 is 21.6 Å². The van der Waals surface area contributed by atoms with E-state index in [4.69, 9.17) is 0 Å². The molecular formula is C17H19N3O3S. The lowest BCUT2D eigenvalue weighted by atomic mass is 10.2. The fourth-order valence-electron chi connectivity index (χ4n) is 2.77. The molecule has 1 aromatic carbocycles. The first-order chi connectivity index (χ1) is 11.5. The maximum atomic E-state index is 12.3. The molecule has 6 nitrogen and oxygen atoms in total. The summed E-state index contributed by atoms with van der Waals surface area (Å²) in [5.74, 6) is -0.227. The van der Waals surface area contributed by atoms with E-state index in [9.17, 15) is 13.2 Å². The van der Waals surface area contributed by atoms with Gasteiger partial charge in [0.2, 0.25) is 0 Å². The zero-order valence-electron chi connectivity index (χ0n) is 13.1. The van der Waals surface area contributed by atoms with Gasteiger partial charge in [-0.1, -0.05) is 31.0 Å². The van der Waals surface area contributed by atoms with Gasteiger partial charge in [-0.25, -0.2) is 8.42 Å². The van der Waals surface area contributed by atoms with Gasteiger partial charge in [0.25, 0.3) is 15.9 Å². The molecule has 1 aliphatic carbocycles. The van der Waals surface area contributed by atoms with Crippen molar-refractivity contribution < 1.29 is 13.2 Å². The molecule has 1 heterocycles. The standard InChI is InChI=1S/C17H19N3O3S/c21-17(19-14-6-4-5-7-14)13-10-15(12-18-11-13)20-24(22,23)16-8-2-1-3-9-16/h1-3,8-12,14,20H,4-7H2,(H,19,21). The normalized spacial score (nSPS) is 15.2. The lowest BCUT2D eigenvalue weighted by Crippen LogP contribution is -2.32. The van der Waals surface area contributed by atoms with Crippen molar-refractivity contribution in [2.45, 2.75) is 36.6 Å². The average molecular weight is 345 g/mol. The van der Waals surface area contributed by atoms with Gasteiger partial charge < -0.3 is 5.32 Å². The van der Waals surface area contributed by atoms with E-state index < -0.39 is 10.0 Å². The SMILES string of the molecule is O=C(NC1CCCC1)c1cncc(NS(=O)(=O)c2ccccc2)c1. The summed E-state index contributed by atoms with van der Waals surface area (Å²) in [6.07, 6.45) is 7.04. The first-order valence-corrected chi connectivity index (χ1v) is 9.37. The Morgan fingerprint density at radius 2 is 1.79 bits per heavy atom. The van der Waals surface area contributed by atoms with Gasteiger partial charge in [-0.05, 0) is 31.0 Å². The molecule has 3 rings (SSSR count). The molecule has 0 unspecified atom stereocenters. The minimum absolute atomic E-state index is 0.158. The predicted octanol–water partition coefficient (Wildman–Crippen LogP) is 2.55. The Morgan fingerprint density at radius 1 is 1.08 bits per heavy atom. The van der Waals surface area contributed by atoms with Crippen LogP contribution in [0.2, 0.25) is 0 Å². The Kier molecular flexibility index (Phi) is 4.80. The second-order valence-electron chi connectivity index (χ2n) is 5.84. The number of nitrogens with one attached hydrogen (secondary N) is 2. The molecular weight excluding hydrogens is 326 g/mol. The highest BCUT2D eigenvalue weighted by molar-refractivity contribution is 7.92. The molecule has 1 amide bonds. The molecule has 1 saturated carbocycles. The van der Waals surface area contributed by atoms with Gasteiger partial charge in [-0.15, -0.1) is 0 Å². The Labute approximate surface area is 141 Å². The molecule has 0 bridgehead atoms. The third-order valence-corrected chi connectivity index (χ3v) is 5.39. The molecule has 24 heavy (non-hydrogen) atoms. The third kappa shape index (κ3) is 3.91. The number of hydrogen-bond donors (Lipinski definition) is 2. The first-order valence-electron chi connectivity index (χ1n) is 7.88. The molecule has 1 aromatic heterocycles. The van der Waals surface area contributed by atoms with Crippen molar-refractivity contribution in [1.29, 1.82) is 0 Å². The van der Waals surface area contributed by atoms with Crippen LogP contribution in [-0.4, -0.2) is 25.4 Å². The zero-order valence-corrected chi connectivity index (χ0v) is 13.9. The van der Waals surface area contributed by atoms with Crippen molar-refractivity contribution in [2.75, 3.05) is 4.72 Å². The Bertz CT molecular complexity index is 816. The largest absolute Gasteiger partial charge is 0.349 e. The summed E-state index contributed by atoms with van der Waals surface area (Å²) in [4.78, 5) is 16.4. The highest BCUT2D eigenvalue weighted by Crippen LogP contribution is 2.19. The van der Waals surface area contributed by atoms with E-state index >= 15 is 0 Å². The second kappa shape index (κ2) is 7.00. The van der Waals surface area contributed by atoms with E-state index in [1.165, 1.54) is 30.6 Å². The molecule has 0 atom stereocenters. The Hall–Kier alpha value is -2.41. The number of anilines is 1. The van der Waals surface area contributed by atoms with Gasteiger partial charge in [0, 0.05) is 12.2 Å². The van der Waals surface area contributed by atoms with E-state index in [1.807, 2.05) is 0 Å². The van der Waals surface area contributed by atoms with Crippen LogP contribution in [0.1, 0.15) is 36.0 Å². The van der Waals surface area contributed by atoms with Gasteiger partial charge in [0.05, 0.1) is 22.3 Å². The quantitative estimate of drug-likeness (QED) is 0.872. The minimum Gasteiger partial charge on any atom is -0.349 e. The smallest absolute Gasteiger partial charge is 0.261 e. The monoisotopic (exact) mass is 345 g/mol. The first kappa shape index (κ1) is 16.4. The molecule has 1 fully saturated rings. The van der Waals surface area contributed by atoms with Crippen molar-refractivity contribution in [2.24, 2.45) is 0 Å². The molecule has 2 N–H and O–H groups in total. The Balaban J connectivity index is 1.74. The van der Waals surface area contributed by atoms with E-state index in [-0.39, 0.29) is 22.5 Å². The third-order valence-electron chi connectivity index (χ3n) is 4.00. The number of benzene rings is 1. The van der Waals surface area contributed by atoms with Crippen LogP contribution in [-0.2, 0) is 10.0 Å². The molecule has 0 aliphatic heterocycles. The fraction of sp³-hybridized carbons (Fsp3) is 0.294. The average Bonchev–Trinajstić information content (AvgIpc) is 3.08. The maximum absolute atomic E-state index is 12.3. The molecule has 126 valence electrons. The summed E-state index contributed by atoms with van der Waals surface area (Å²) in [6, 6.07) is 9.75. The van der Waals surface area contributed by atoms with Gasteiger partial charge in [0.1, 0.15) is 0 Å². The van der Waals surface area contributed by atoms with Gasteiger partial charge in [-0.2, -0.15) is 0 Å². The summed E-state index contributed by atoms with van der Waals surface area (Å²) in [5.41, 5.74) is 0.605. The van der Waals surface area contributed by atoms with Crippen LogP contribution >= 0.6 is 0 Å². The molecule has 7 heteroatoms. The lowest BCUT2D eigenvalue weighted by Gasteiger charge is -2.13. The summed E-state index contributed by atoms with van der Waals surface area (Å²) in [7, 11) is -3.70. The van der Waals surface area contributed by atoms with Crippen LogP contribution in [0.4, 0.5) is 5.69 Å². The number of aromatic nitrogens is 1. The lowest BCUT2D eigenvalue weighted by molar-refractivity contribution is 0.0937. The summed E-state index contributed by atoms with van der Waals surface area (Å²) in [6.45, 7) is 0. The predicted molar refractivity (Wildman–Crippen MR) is 91.2 cm³/mol. The van der Waals surface area contributed by atoms with Crippen molar-refractivity contribution in [1.82, 2.24) is 10.3 Å². The van der Waals surface area contributed by atoms with Crippen molar-refractivity contribution in [3.05, 3.63) is 54.4 Å². The number of pyridine rings is 1. The van der Waals surface area contributed by atoms with Crippen molar-refractivity contribution in [3.8, 4) is 0 Å². The number of nitrogens with zero attached hydrogens (tertiary/aromatic N) is 1. The van der Waals surface area contributed by atoms with Crippen LogP contribution in [0.5, 0.6) is 0 Å². The number of amides is 1. The van der Waals surface area contributed by atoms with Crippen molar-refractivity contribution in [3.63, 3.8) is 0 Å². The number of rotatable bonds is 5. The number of sulfonamides is 1. The van der Waals surface area contributed by atoms with Crippen LogP contribution in [0, 0.1) is 0 Å². The van der Waals surface area contributed by atoms with E-state index in [0.29, 0.717) is 5.56 Å². The number of carbonyl (C=O) groups is 1. The van der Waals surface area contributed by atoms with Crippen LogP contribution < -0.4 is 10.0 Å². The van der Waals surface area contributed by atoms with Crippen LogP contribution in [0.3, 0.4) is 0 Å². The molecule has 2 aromatic rings. The fourth-order valence-corrected chi connectivity index (χ4v) is 3.83. The zero-order chi connectivity index (χ0) is 17.0. The topological polar surface area (TPSA) is 88.2 Å². The molecule has 1 aliphatic rings. The molecule has 0 saturated heterocycles. The van der Waals surface area contributed by atoms with Gasteiger partial charge in [-0.3, -0.25) is 14.5 Å². The highest BCUT2D eigenvalue weighted by atomic mass is 32.2. The number of carbonyl (C=O) groups excluding carboxylic acids is 1. The van der Waals surface area contributed by atoms with E-state index in [1.54, 1.807) is 18.2 Å². The second-order valence-corrected chi connectivity index (χ2v) is 7.52. The summed E-state index contributed by atoms with van der Waals surface area (Å²) < 4.78 is 27.1. The highest BCUT2D eigenvalue weighted by Gasteiger charge is 2.19. The summed E-state index contributed by atoms with van der Waals surface area (Å²) in [5, 5.41) is 2.96. The van der Waals surface area contributed by atoms with Crippen LogP contribution in [0.15, 0.2) is 53.7 Å². The van der Waals surface area contributed by atoms with E-state index in [2.05, 4.69) is 15.0 Å². The number of hydrogen-bond acceptors (Lipinski definition) is 4. The molecule has 0 radical (unpaired) electrons. The summed E-state index contributed by atoms with van der Waals surface area (Å²) >= 11 is 0. The molecule has 0 spiro atoms. The van der Waals surface area contributed by atoms with Gasteiger partial charge >= 0.3 is 0 Å². The van der Waals surface area contributed by atoms with Gasteiger partial charge in [0.15, 0.2) is 0 Å².